The molecular weight excluding hydrogens is 290 g/mol. The predicted octanol–water partition coefficient (Wildman–Crippen LogP) is 2.42. The number of rotatable bonds is 6. The fourth-order valence-electron chi connectivity index (χ4n) is 1.83. The van der Waals surface area contributed by atoms with Crippen LogP contribution >= 0.6 is 11.6 Å². The van der Waals surface area contributed by atoms with Gasteiger partial charge in [-0.05, 0) is 24.3 Å². The second-order valence-corrected chi connectivity index (χ2v) is 4.80. The fourth-order valence-corrected chi connectivity index (χ4v) is 1.94. The minimum atomic E-state index is -0.123. The van der Waals surface area contributed by atoms with Crippen molar-refractivity contribution in [1.29, 1.82) is 0 Å². The number of hydrogen-bond donors (Lipinski definition) is 0. The lowest BCUT2D eigenvalue weighted by molar-refractivity contribution is 0.0677. The van der Waals surface area contributed by atoms with Crippen LogP contribution in [0.2, 0.25) is 5.15 Å². The van der Waals surface area contributed by atoms with E-state index >= 15 is 0 Å². The van der Waals surface area contributed by atoms with E-state index in [1.54, 1.807) is 30.3 Å². The molecule has 0 N–H and O–H groups in total. The molecule has 0 bridgehead atoms. The first-order valence-corrected chi connectivity index (χ1v) is 6.88. The maximum atomic E-state index is 12.5. The van der Waals surface area contributed by atoms with Gasteiger partial charge in [-0.1, -0.05) is 17.7 Å². The van der Waals surface area contributed by atoms with Crippen LogP contribution in [0.15, 0.2) is 42.7 Å². The van der Waals surface area contributed by atoms with Gasteiger partial charge in [0.2, 0.25) is 0 Å². The molecule has 110 valence electrons. The van der Waals surface area contributed by atoms with Crippen LogP contribution < -0.4 is 0 Å². The molecule has 0 aliphatic heterocycles. The number of carbonyl (C=O) groups is 1. The van der Waals surface area contributed by atoms with Crippen LogP contribution in [0, 0.1) is 0 Å². The van der Waals surface area contributed by atoms with E-state index in [2.05, 4.69) is 9.97 Å². The lowest BCUT2D eigenvalue weighted by Gasteiger charge is -2.22. The first kappa shape index (κ1) is 15.4. The van der Waals surface area contributed by atoms with Crippen LogP contribution in [-0.4, -0.2) is 41.0 Å². The van der Waals surface area contributed by atoms with Gasteiger partial charge in [0.1, 0.15) is 5.15 Å². The third kappa shape index (κ3) is 4.51. The number of carbonyl (C=O) groups excluding carboxylic acids is 1. The Morgan fingerprint density at radius 1 is 1.29 bits per heavy atom. The Labute approximate surface area is 128 Å². The zero-order chi connectivity index (χ0) is 15.1. The maximum Gasteiger partial charge on any atom is 0.255 e. The van der Waals surface area contributed by atoms with Crippen LogP contribution in [0.25, 0.3) is 0 Å². The monoisotopic (exact) mass is 305 g/mol. The quantitative estimate of drug-likeness (QED) is 0.769. The minimum Gasteiger partial charge on any atom is -0.383 e. The van der Waals surface area contributed by atoms with Crippen LogP contribution in [0.4, 0.5) is 0 Å². The number of methoxy groups -OCH3 is 1. The summed E-state index contributed by atoms with van der Waals surface area (Å²) >= 11 is 5.74. The summed E-state index contributed by atoms with van der Waals surface area (Å²) in [5, 5.41) is 0.361. The third-order valence-corrected chi connectivity index (χ3v) is 3.13. The van der Waals surface area contributed by atoms with E-state index in [9.17, 15) is 4.79 Å². The Balaban J connectivity index is 2.14. The number of nitrogens with zero attached hydrogens (tertiary/aromatic N) is 3. The van der Waals surface area contributed by atoms with Crippen LogP contribution in [0.5, 0.6) is 0 Å². The molecule has 2 aromatic rings. The topological polar surface area (TPSA) is 55.3 Å². The smallest absolute Gasteiger partial charge is 0.255 e. The summed E-state index contributed by atoms with van der Waals surface area (Å²) in [5.74, 6) is -0.123. The van der Waals surface area contributed by atoms with E-state index < -0.39 is 0 Å². The van der Waals surface area contributed by atoms with E-state index in [-0.39, 0.29) is 5.91 Å². The van der Waals surface area contributed by atoms with E-state index in [0.717, 1.165) is 5.69 Å². The standard InChI is InChI=1S/C15H16ClN3O2/c1-21-9-8-19(11-13-4-2-3-7-17-13)15(20)12-5-6-14(16)18-10-12/h2-7,10H,8-9,11H2,1H3. The van der Waals surface area contributed by atoms with Crippen molar-refractivity contribution >= 4 is 17.5 Å². The maximum absolute atomic E-state index is 12.5. The molecule has 6 heteroatoms. The summed E-state index contributed by atoms with van der Waals surface area (Å²) in [5.41, 5.74) is 1.32. The number of hydrogen-bond acceptors (Lipinski definition) is 4. The van der Waals surface area contributed by atoms with Crippen molar-refractivity contribution in [2.75, 3.05) is 20.3 Å². The average Bonchev–Trinajstić information content (AvgIpc) is 2.52. The second-order valence-electron chi connectivity index (χ2n) is 4.41. The van der Waals surface area contributed by atoms with Gasteiger partial charge in [0, 0.05) is 26.0 Å². The molecule has 21 heavy (non-hydrogen) atoms. The Hall–Kier alpha value is -1.98. The third-order valence-electron chi connectivity index (χ3n) is 2.91. The molecule has 0 fully saturated rings. The summed E-state index contributed by atoms with van der Waals surface area (Å²) in [6, 6.07) is 8.88. The molecule has 2 heterocycles. The van der Waals surface area contributed by atoms with Gasteiger partial charge in [-0.2, -0.15) is 0 Å². The lowest BCUT2D eigenvalue weighted by atomic mass is 10.2. The van der Waals surface area contributed by atoms with Gasteiger partial charge in [-0.25, -0.2) is 4.98 Å². The molecule has 0 aliphatic carbocycles. The van der Waals surface area contributed by atoms with Gasteiger partial charge in [0.05, 0.1) is 24.4 Å². The predicted molar refractivity (Wildman–Crippen MR) is 80.1 cm³/mol. The fraction of sp³-hybridized carbons (Fsp3) is 0.267. The summed E-state index contributed by atoms with van der Waals surface area (Å²) < 4.78 is 5.06. The largest absolute Gasteiger partial charge is 0.383 e. The van der Waals surface area contributed by atoms with E-state index in [1.165, 1.54) is 6.20 Å². The molecule has 0 unspecified atom stereocenters. The summed E-state index contributed by atoms with van der Waals surface area (Å²) in [6.45, 7) is 1.36. The number of ether oxygens (including phenoxy) is 1. The van der Waals surface area contributed by atoms with Gasteiger partial charge in [0.25, 0.3) is 5.91 Å². The van der Waals surface area contributed by atoms with Gasteiger partial charge < -0.3 is 9.64 Å². The number of pyridine rings is 2. The van der Waals surface area contributed by atoms with Crippen LogP contribution in [0.1, 0.15) is 16.1 Å². The first-order chi connectivity index (χ1) is 10.2. The molecule has 0 aliphatic rings. The Morgan fingerprint density at radius 3 is 2.76 bits per heavy atom. The molecule has 0 aromatic carbocycles. The molecular formula is C15H16ClN3O2. The van der Waals surface area contributed by atoms with Gasteiger partial charge >= 0.3 is 0 Å². The van der Waals surface area contributed by atoms with E-state index in [1.807, 2.05) is 18.2 Å². The molecule has 5 nitrogen and oxygen atoms in total. The molecule has 1 amide bonds. The highest BCUT2D eigenvalue weighted by Gasteiger charge is 2.16. The van der Waals surface area contributed by atoms with Crippen molar-refractivity contribution in [3.8, 4) is 0 Å². The summed E-state index contributed by atoms with van der Waals surface area (Å²) in [7, 11) is 1.60. The lowest BCUT2D eigenvalue weighted by Crippen LogP contribution is -2.33. The van der Waals surface area contributed by atoms with Crippen molar-refractivity contribution in [3.63, 3.8) is 0 Å². The molecule has 0 spiro atoms. The van der Waals surface area contributed by atoms with Crippen molar-refractivity contribution in [3.05, 3.63) is 59.1 Å². The molecule has 0 saturated heterocycles. The average molecular weight is 306 g/mol. The summed E-state index contributed by atoms with van der Waals surface area (Å²) in [6.07, 6.45) is 3.18. The highest BCUT2D eigenvalue weighted by atomic mass is 35.5. The van der Waals surface area contributed by atoms with E-state index in [0.29, 0.717) is 30.4 Å². The normalized spacial score (nSPS) is 10.4. The highest BCUT2D eigenvalue weighted by molar-refractivity contribution is 6.29. The van der Waals surface area contributed by atoms with Crippen molar-refractivity contribution in [2.45, 2.75) is 6.54 Å². The van der Waals surface area contributed by atoms with Crippen LogP contribution in [0.3, 0.4) is 0 Å². The minimum absolute atomic E-state index is 0.123. The molecule has 0 atom stereocenters. The zero-order valence-electron chi connectivity index (χ0n) is 11.7. The van der Waals surface area contributed by atoms with Gasteiger partial charge in [-0.3, -0.25) is 9.78 Å². The Morgan fingerprint density at radius 2 is 2.14 bits per heavy atom. The Kier molecular flexibility index (Phi) is 5.66. The first-order valence-electron chi connectivity index (χ1n) is 6.50. The van der Waals surface area contributed by atoms with Crippen LogP contribution in [-0.2, 0) is 11.3 Å². The number of halogens is 1. The number of aromatic nitrogens is 2. The van der Waals surface area contributed by atoms with Crippen molar-refractivity contribution in [2.24, 2.45) is 0 Å². The number of amides is 1. The van der Waals surface area contributed by atoms with Crippen molar-refractivity contribution in [1.82, 2.24) is 14.9 Å². The van der Waals surface area contributed by atoms with E-state index in [4.69, 9.17) is 16.3 Å². The SMILES string of the molecule is COCCN(Cc1ccccn1)C(=O)c1ccc(Cl)nc1. The summed E-state index contributed by atoms with van der Waals surface area (Å²) in [4.78, 5) is 22.4. The van der Waals surface area contributed by atoms with Gasteiger partial charge in [-0.15, -0.1) is 0 Å². The van der Waals surface area contributed by atoms with Crippen molar-refractivity contribution < 1.29 is 9.53 Å². The second kappa shape index (κ2) is 7.71. The molecule has 2 rings (SSSR count). The molecule has 2 aromatic heterocycles. The highest BCUT2D eigenvalue weighted by Crippen LogP contribution is 2.10. The van der Waals surface area contributed by atoms with Gasteiger partial charge in [0.15, 0.2) is 0 Å². The zero-order valence-corrected chi connectivity index (χ0v) is 12.5. The molecule has 0 radical (unpaired) electrons. The molecule has 0 saturated carbocycles. The Bertz CT molecular complexity index is 575.